The normalized spacial score (nSPS) is 20.0. The van der Waals surface area contributed by atoms with Crippen LogP contribution in [0.5, 0.6) is 0 Å². The van der Waals surface area contributed by atoms with E-state index < -0.39 is 11.9 Å². The molecule has 2 atom stereocenters. The number of benzene rings is 1. The molecule has 1 aromatic carbocycles. The number of thioether (sulfide) groups is 2. The second-order valence-corrected chi connectivity index (χ2v) is 10.9. The molecule has 2 aliphatic heterocycles. The average molecular weight is 527 g/mol. The van der Waals surface area contributed by atoms with Crippen LogP contribution in [0.3, 0.4) is 0 Å². The predicted molar refractivity (Wildman–Crippen MR) is 140 cm³/mol. The van der Waals surface area contributed by atoms with Gasteiger partial charge in [-0.1, -0.05) is 23.4 Å². The Labute approximate surface area is 214 Å². The number of nitrogens with two attached hydrogens (primary N) is 1. The van der Waals surface area contributed by atoms with Crippen LogP contribution in [0.1, 0.15) is 12.6 Å². The molecule has 3 N–H and O–H groups in total. The van der Waals surface area contributed by atoms with Gasteiger partial charge >= 0.3 is 0 Å². The number of nitrogens with one attached hydrogen (secondary N) is 1. The fraction of sp³-hybridized carbons (Fsp3) is 0.261. The standard InChI is InChI=1S/C23H22N6O3S3/c1-12-14(9-33-16-7-3-5-13-6-4-8-25-17(13)16)10-34-22-19(21(31)29(12)22)27-20(30)18(28-32-2)15-11-35-23(24)26-15/h3-8,11,19,22H,9-10H2,1-2H3,(H2,24,26)(H,27,30)/b28-18-. The summed E-state index contributed by atoms with van der Waals surface area (Å²) in [6.07, 6.45) is 1.80. The largest absolute Gasteiger partial charge is 0.398 e. The summed E-state index contributed by atoms with van der Waals surface area (Å²) in [4.78, 5) is 42.2. The highest BCUT2D eigenvalue weighted by atomic mass is 32.2. The molecule has 0 saturated carbocycles. The lowest BCUT2D eigenvalue weighted by Gasteiger charge is -2.50. The van der Waals surface area contributed by atoms with Gasteiger partial charge in [0, 0.05) is 39.1 Å². The number of nitrogen functional groups attached to an aromatic ring is 1. The third-order valence-corrected chi connectivity index (χ3v) is 8.94. The predicted octanol–water partition coefficient (Wildman–Crippen LogP) is 3.09. The number of hydrogen-bond donors (Lipinski definition) is 2. The number of oxime groups is 1. The SMILES string of the molecule is CO/N=C(\C(=O)NC1C(=O)N2C(C)=C(CSc3cccc4cccnc34)CSC12)c1csc(N)n1. The molecule has 0 radical (unpaired) electrons. The van der Waals surface area contributed by atoms with E-state index in [0.717, 1.165) is 33.0 Å². The van der Waals surface area contributed by atoms with Crippen molar-refractivity contribution in [2.24, 2.45) is 5.16 Å². The number of para-hydroxylation sites is 1. The lowest BCUT2D eigenvalue weighted by atomic mass is 10.0. The fourth-order valence-electron chi connectivity index (χ4n) is 3.99. The van der Waals surface area contributed by atoms with Gasteiger partial charge in [0.1, 0.15) is 24.2 Å². The highest BCUT2D eigenvalue weighted by molar-refractivity contribution is 8.01. The number of nitrogens with zero attached hydrogens (tertiary/aromatic N) is 4. The zero-order valence-corrected chi connectivity index (χ0v) is 21.4. The first-order valence-electron chi connectivity index (χ1n) is 10.7. The van der Waals surface area contributed by atoms with Crippen LogP contribution < -0.4 is 11.1 Å². The maximum absolute atomic E-state index is 13.0. The first-order chi connectivity index (χ1) is 17.0. The lowest BCUT2D eigenvalue weighted by Crippen LogP contribution is -2.70. The van der Waals surface area contributed by atoms with Gasteiger partial charge in [0.05, 0.1) is 5.52 Å². The average Bonchev–Trinajstić information content (AvgIpc) is 3.30. The molecule has 3 aromatic rings. The van der Waals surface area contributed by atoms with Crippen molar-refractivity contribution in [1.82, 2.24) is 20.2 Å². The number of hydrogen-bond acceptors (Lipinski definition) is 10. The van der Waals surface area contributed by atoms with Crippen molar-refractivity contribution in [3.05, 3.63) is 58.9 Å². The number of thiazole rings is 1. The van der Waals surface area contributed by atoms with E-state index in [1.165, 1.54) is 24.0 Å². The second-order valence-electron chi connectivity index (χ2n) is 7.86. The maximum atomic E-state index is 13.0. The topological polar surface area (TPSA) is 123 Å². The number of carbonyl (C=O) groups is 2. The summed E-state index contributed by atoms with van der Waals surface area (Å²) >= 11 is 4.56. The Kier molecular flexibility index (Phi) is 6.67. The van der Waals surface area contributed by atoms with Crippen LogP contribution in [-0.2, 0) is 14.4 Å². The summed E-state index contributed by atoms with van der Waals surface area (Å²) in [6.45, 7) is 1.97. The molecule has 2 aliphatic rings. The molecule has 0 aliphatic carbocycles. The number of pyridine rings is 1. The molecule has 12 heteroatoms. The summed E-state index contributed by atoms with van der Waals surface area (Å²) in [5.41, 5.74) is 9.11. The van der Waals surface area contributed by atoms with E-state index in [4.69, 9.17) is 10.6 Å². The van der Waals surface area contributed by atoms with Gasteiger partial charge in [-0.3, -0.25) is 19.5 Å². The Hall–Kier alpha value is -3.09. The molecule has 2 unspecified atom stereocenters. The summed E-state index contributed by atoms with van der Waals surface area (Å²) in [5.74, 6) is 0.872. The Morgan fingerprint density at radius 3 is 2.97 bits per heavy atom. The molecule has 2 amide bonds. The van der Waals surface area contributed by atoms with Gasteiger partial charge in [-0.15, -0.1) is 34.9 Å². The molecule has 5 rings (SSSR count). The van der Waals surface area contributed by atoms with E-state index in [-0.39, 0.29) is 17.0 Å². The smallest absolute Gasteiger partial charge is 0.276 e. The van der Waals surface area contributed by atoms with Gasteiger partial charge in [-0.05, 0) is 24.6 Å². The minimum absolute atomic E-state index is 0.0134. The van der Waals surface area contributed by atoms with Gasteiger partial charge in [-0.2, -0.15) is 0 Å². The van der Waals surface area contributed by atoms with E-state index in [1.807, 2.05) is 19.1 Å². The first kappa shape index (κ1) is 23.6. The van der Waals surface area contributed by atoms with Crippen LogP contribution >= 0.6 is 34.9 Å². The Morgan fingerprint density at radius 2 is 2.20 bits per heavy atom. The molecule has 180 valence electrons. The van der Waals surface area contributed by atoms with Gasteiger partial charge in [0.2, 0.25) is 0 Å². The molecule has 0 bridgehead atoms. The molecule has 0 spiro atoms. The molecule has 1 fully saturated rings. The number of β-lactam (4-membered cyclic amide) rings is 1. The van der Waals surface area contributed by atoms with Gasteiger partial charge in [0.25, 0.3) is 11.8 Å². The number of allylic oxidation sites excluding steroid dienone is 1. The van der Waals surface area contributed by atoms with Crippen molar-refractivity contribution in [3.8, 4) is 0 Å². The van der Waals surface area contributed by atoms with Gasteiger partial charge in [-0.25, -0.2) is 4.98 Å². The van der Waals surface area contributed by atoms with E-state index in [0.29, 0.717) is 10.8 Å². The molecule has 35 heavy (non-hydrogen) atoms. The highest BCUT2D eigenvalue weighted by Gasteiger charge is 2.51. The molecular formula is C23H22N6O3S3. The van der Waals surface area contributed by atoms with Crippen molar-refractivity contribution in [3.63, 3.8) is 0 Å². The number of rotatable bonds is 7. The monoisotopic (exact) mass is 526 g/mol. The fourth-order valence-corrected chi connectivity index (χ4v) is 7.26. The van der Waals surface area contributed by atoms with Gasteiger partial charge < -0.3 is 15.9 Å². The first-order valence-corrected chi connectivity index (χ1v) is 13.6. The Bertz CT molecular complexity index is 1370. The highest BCUT2D eigenvalue weighted by Crippen LogP contribution is 2.41. The van der Waals surface area contributed by atoms with Crippen molar-refractivity contribution in [1.29, 1.82) is 0 Å². The molecule has 2 aromatic heterocycles. The van der Waals surface area contributed by atoms with Crippen LogP contribution in [0, 0.1) is 0 Å². The third-order valence-electron chi connectivity index (χ3n) is 5.79. The number of amides is 2. The zero-order valence-electron chi connectivity index (χ0n) is 18.9. The van der Waals surface area contributed by atoms with E-state index in [2.05, 4.69) is 38.6 Å². The minimum Gasteiger partial charge on any atom is -0.398 e. The van der Waals surface area contributed by atoms with Crippen LogP contribution in [0.4, 0.5) is 5.13 Å². The van der Waals surface area contributed by atoms with Crippen molar-refractivity contribution in [2.75, 3.05) is 24.3 Å². The van der Waals surface area contributed by atoms with Gasteiger partial charge in [0.15, 0.2) is 10.8 Å². The quantitative estimate of drug-likeness (QED) is 0.208. The summed E-state index contributed by atoms with van der Waals surface area (Å²) < 4.78 is 0. The Morgan fingerprint density at radius 1 is 1.37 bits per heavy atom. The zero-order chi connectivity index (χ0) is 24.5. The summed E-state index contributed by atoms with van der Waals surface area (Å²) in [7, 11) is 1.35. The molecule has 4 heterocycles. The number of aromatic nitrogens is 2. The van der Waals surface area contributed by atoms with Crippen molar-refractivity contribution < 1.29 is 14.4 Å². The van der Waals surface area contributed by atoms with Crippen LogP contribution in [0.15, 0.2) is 63.2 Å². The van der Waals surface area contributed by atoms with Crippen LogP contribution in [0.25, 0.3) is 10.9 Å². The second kappa shape index (κ2) is 9.88. The van der Waals surface area contributed by atoms with E-state index in [1.54, 1.807) is 40.0 Å². The number of anilines is 1. The maximum Gasteiger partial charge on any atom is 0.276 e. The molecule has 1 saturated heterocycles. The van der Waals surface area contributed by atoms with Crippen LogP contribution in [-0.4, -0.2) is 62.4 Å². The van der Waals surface area contributed by atoms with E-state index in [9.17, 15) is 9.59 Å². The number of fused-ring (bicyclic) bond motifs is 2. The molecule has 9 nitrogen and oxygen atoms in total. The van der Waals surface area contributed by atoms with E-state index >= 15 is 0 Å². The lowest BCUT2D eigenvalue weighted by molar-refractivity contribution is -0.144. The Balaban J connectivity index is 1.27. The van der Waals surface area contributed by atoms with Crippen LogP contribution in [0.2, 0.25) is 0 Å². The number of carbonyl (C=O) groups excluding carboxylic acids is 2. The summed E-state index contributed by atoms with van der Waals surface area (Å²) in [5, 5.41) is 9.47. The van der Waals surface area contributed by atoms with Crippen molar-refractivity contribution >= 4 is 68.4 Å². The van der Waals surface area contributed by atoms with Crippen molar-refractivity contribution in [2.45, 2.75) is 23.2 Å². The molecular weight excluding hydrogens is 504 g/mol. The third kappa shape index (κ3) is 4.48. The summed E-state index contributed by atoms with van der Waals surface area (Å²) in [6, 6.07) is 9.50. The minimum atomic E-state index is -0.642.